The van der Waals surface area contributed by atoms with Crippen molar-refractivity contribution in [2.45, 2.75) is 26.4 Å². The van der Waals surface area contributed by atoms with Crippen LogP contribution in [0.25, 0.3) is 0 Å². The number of rotatable bonds is 5. The minimum absolute atomic E-state index is 0.210. The number of anilines is 1. The molecule has 1 aliphatic heterocycles. The van der Waals surface area contributed by atoms with Crippen LogP contribution < -0.4 is 11.1 Å². The number of nitrogens with one attached hydrogen (secondary N) is 1. The zero-order valence-electron chi connectivity index (χ0n) is 17.0. The van der Waals surface area contributed by atoms with Crippen LogP contribution in [0.3, 0.4) is 0 Å². The molecule has 2 amide bonds. The van der Waals surface area contributed by atoms with Gasteiger partial charge in [-0.15, -0.1) is 0 Å². The number of benzene rings is 3. The highest BCUT2D eigenvalue weighted by Gasteiger charge is 2.16. The fourth-order valence-corrected chi connectivity index (χ4v) is 3.94. The zero-order chi connectivity index (χ0) is 21.1. The number of nitrogens with two attached hydrogens (primary N) is 1. The summed E-state index contributed by atoms with van der Waals surface area (Å²) in [4.78, 5) is 26.6. The van der Waals surface area contributed by atoms with Crippen LogP contribution in [0.1, 0.15) is 43.0 Å². The number of nitrogens with zero attached hydrogens (tertiary/aromatic N) is 1. The van der Waals surface area contributed by atoms with Gasteiger partial charge < -0.3 is 11.1 Å². The molecule has 1 aliphatic rings. The lowest BCUT2D eigenvalue weighted by Crippen LogP contribution is -2.29. The summed E-state index contributed by atoms with van der Waals surface area (Å²) in [7, 11) is 0. The molecule has 0 atom stereocenters. The van der Waals surface area contributed by atoms with Crippen molar-refractivity contribution in [1.82, 2.24) is 4.90 Å². The molecule has 30 heavy (non-hydrogen) atoms. The predicted octanol–water partition coefficient (Wildman–Crippen LogP) is 3.90. The summed E-state index contributed by atoms with van der Waals surface area (Å²) in [5, 5.41) is 2.88. The Balaban J connectivity index is 1.41. The Morgan fingerprint density at radius 3 is 2.43 bits per heavy atom. The lowest BCUT2D eigenvalue weighted by atomic mass is 9.99. The molecular weight excluding hydrogens is 374 g/mol. The number of hydrogen-bond donors (Lipinski definition) is 2. The molecule has 1 heterocycles. The predicted molar refractivity (Wildman–Crippen MR) is 118 cm³/mol. The van der Waals surface area contributed by atoms with Crippen LogP contribution in [0.2, 0.25) is 0 Å². The third kappa shape index (κ3) is 4.26. The van der Waals surface area contributed by atoms with E-state index in [1.807, 2.05) is 24.3 Å². The van der Waals surface area contributed by atoms with Crippen molar-refractivity contribution in [1.29, 1.82) is 0 Å². The molecule has 0 radical (unpaired) electrons. The zero-order valence-corrected chi connectivity index (χ0v) is 17.0. The Bertz CT molecular complexity index is 1090. The van der Waals surface area contributed by atoms with Crippen LogP contribution in [-0.4, -0.2) is 23.3 Å². The summed E-state index contributed by atoms with van der Waals surface area (Å²) in [5.41, 5.74) is 11.6. The van der Waals surface area contributed by atoms with Gasteiger partial charge in [-0.2, -0.15) is 0 Å². The van der Waals surface area contributed by atoms with Gasteiger partial charge in [0.05, 0.1) is 0 Å². The molecule has 0 aliphatic carbocycles. The first-order chi connectivity index (χ1) is 14.5. The summed E-state index contributed by atoms with van der Waals surface area (Å²) in [6, 6.07) is 21.4. The summed E-state index contributed by atoms with van der Waals surface area (Å²) < 4.78 is 0. The monoisotopic (exact) mass is 399 g/mol. The van der Waals surface area contributed by atoms with Crippen LogP contribution in [0.15, 0.2) is 66.7 Å². The van der Waals surface area contributed by atoms with Crippen LogP contribution in [0, 0.1) is 6.92 Å². The molecular formula is C25H25N3O2. The average molecular weight is 399 g/mol. The van der Waals surface area contributed by atoms with Crippen LogP contribution in [0.4, 0.5) is 5.69 Å². The number of carbonyl (C=O) groups excluding carboxylic acids is 2. The van der Waals surface area contributed by atoms with Crippen molar-refractivity contribution in [3.05, 3.63) is 100 Å². The molecule has 0 fully saturated rings. The second-order valence-electron chi connectivity index (χ2n) is 7.72. The average Bonchev–Trinajstić information content (AvgIpc) is 2.75. The maximum atomic E-state index is 12.6. The first-order valence-corrected chi connectivity index (χ1v) is 10.1. The normalized spacial score (nSPS) is 13.5. The molecule has 0 aromatic heterocycles. The molecule has 5 heteroatoms. The summed E-state index contributed by atoms with van der Waals surface area (Å²) >= 11 is 0. The fraction of sp³-hybridized carbons (Fsp3) is 0.200. The molecule has 3 aromatic carbocycles. The highest BCUT2D eigenvalue weighted by molar-refractivity contribution is 6.05. The first-order valence-electron chi connectivity index (χ1n) is 10.1. The minimum atomic E-state index is -0.506. The highest BCUT2D eigenvalue weighted by atomic mass is 16.2. The topological polar surface area (TPSA) is 75.4 Å². The van der Waals surface area contributed by atoms with Crippen molar-refractivity contribution < 1.29 is 9.59 Å². The number of amides is 2. The summed E-state index contributed by atoms with van der Waals surface area (Å²) in [6.07, 6.45) is 1.07. The molecule has 0 bridgehead atoms. The summed E-state index contributed by atoms with van der Waals surface area (Å²) in [6.45, 7) is 4.62. The van der Waals surface area contributed by atoms with Crippen molar-refractivity contribution in [3.63, 3.8) is 0 Å². The van der Waals surface area contributed by atoms with Gasteiger partial charge in [0.25, 0.3) is 5.91 Å². The molecule has 0 saturated heterocycles. The van der Waals surface area contributed by atoms with E-state index in [9.17, 15) is 9.59 Å². The quantitative estimate of drug-likeness (QED) is 0.683. The maximum absolute atomic E-state index is 12.6. The van der Waals surface area contributed by atoms with Gasteiger partial charge in [0, 0.05) is 36.4 Å². The highest BCUT2D eigenvalue weighted by Crippen LogP contribution is 2.22. The molecule has 4 rings (SSSR count). The molecule has 0 saturated carbocycles. The lowest BCUT2D eigenvalue weighted by Gasteiger charge is -2.28. The number of primary amides is 1. The molecule has 3 N–H and O–H groups in total. The number of fused-ring (bicyclic) bond motifs is 1. The van der Waals surface area contributed by atoms with Crippen molar-refractivity contribution >= 4 is 17.5 Å². The van der Waals surface area contributed by atoms with Crippen molar-refractivity contribution in [3.8, 4) is 0 Å². The number of hydrogen-bond acceptors (Lipinski definition) is 3. The SMILES string of the molecule is Cc1c(NC(=O)c2ccc(CN3CCc4ccccc4C3)cc2)cccc1C(N)=O. The Hall–Kier alpha value is -3.44. The van der Waals surface area contributed by atoms with Gasteiger partial charge in [-0.25, -0.2) is 0 Å². The van der Waals surface area contributed by atoms with Gasteiger partial charge in [-0.05, 0) is 59.9 Å². The van der Waals surface area contributed by atoms with E-state index in [1.165, 1.54) is 16.7 Å². The Kier molecular flexibility index (Phi) is 5.63. The van der Waals surface area contributed by atoms with E-state index in [0.29, 0.717) is 22.4 Å². The summed E-state index contributed by atoms with van der Waals surface area (Å²) in [5.74, 6) is -0.716. The van der Waals surface area contributed by atoms with E-state index in [2.05, 4.69) is 34.5 Å². The van der Waals surface area contributed by atoms with E-state index in [1.54, 1.807) is 25.1 Å². The third-order valence-electron chi connectivity index (χ3n) is 5.68. The maximum Gasteiger partial charge on any atom is 0.255 e. The smallest absolute Gasteiger partial charge is 0.255 e. The second-order valence-corrected chi connectivity index (χ2v) is 7.72. The molecule has 5 nitrogen and oxygen atoms in total. The van der Waals surface area contributed by atoms with Crippen molar-refractivity contribution in [2.24, 2.45) is 5.73 Å². The third-order valence-corrected chi connectivity index (χ3v) is 5.68. The van der Waals surface area contributed by atoms with Crippen LogP contribution in [-0.2, 0) is 19.5 Å². The van der Waals surface area contributed by atoms with Crippen LogP contribution in [0.5, 0.6) is 0 Å². The van der Waals surface area contributed by atoms with Gasteiger partial charge >= 0.3 is 0 Å². The van der Waals surface area contributed by atoms with Gasteiger partial charge in [-0.1, -0.05) is 42.5 Å². The van der Waals surface area contributed by atoms with E-state index < -0.39 is 5.91 Å². The molecule has 0 unspecified atom stereocenters. The molecule has 152 valence electrons. The number of carbonyl (C=O) groups is 2. The molecule has 3 aromatic rings. The first kappa shape index (κ1) is 19.9. The van der Waals surface area contributed by atoms with Gasteiger partial charge in [-0.3, -0.25) is 14.5 Å². The van der Waals surface area contributed by atoms with E-state index >= 15 is 0 Å². The van der Waals surface area contributed by atoms with E-state index in [-0.39, 0.29) is 5.91 Å². The largest absolute Gasteiger partial charge is 0.366 e. The van der Waals surface area contributed by atoms with E-state index in [4.69, 9.17) is 5.73 Å². The van der Waals surface area contributed by atoms with Gasteiger partial charge in [0.1, 0.15) is 0 Å². The fourth-order valence-electron chi connectivity index (χ4n) is 3.94. The standard InChI is InChI=1S/C25H25N3O2/c1-17-22(24(26)29)7-4-8-23(17)27-25(30)20-11-9-18(10-12-20)15-28-14-13-19-5-2-3-6-21(19)16-28/h2-12H,13-16H2,1H3,(H2,26,29)(H,27,30). The lowest BCUT2D eigenvalue weighted by molar-refractivity contribution is 0.0995. The van der Waals surface area contributed by atoms with E-state index in [0.717, 1.165) is 26.1 Å². The molecule has 0 spiro atoms. The van der Waals surface area contributed by atoms with Crippen molar-refractivity contribution in [2.75, 3.05) is 11.9 Å². The minimum Gasteiger partial charge on any atom is -0.366 e. The Morgan fingerprint density at radius 1 is 0.967 bits per heavy atom. The van der Waals surface area contributed by atoms with Gasteiger partial charge in [0.2, 0.25) is 5.91 Å². The Labute approximate surface area is 176 Å². The Morgan fingerprint density at radius 2 is 1.70 bits per heavy atom. The second kappa shape index (κ2) is 8.51. The van der Waals surface area contributed by atoms with Crippen LogP contribution >= 0.6 is 0 Å². The van der Waals surface area contributed by atoms with Gasteiger partial charge in [0.15, 0.2) is 0 Å².